The highest BCUT2D eigenvalue weighted by atomic mass is 16.5. The van der Waals surface area contributed by atoms with Gasteiger partial charge in [0, 0.05) is 22.9 Å². The van der Waals surface area contributed by atoms with Gasteiger partial charge in [0.05, 0.1) is 14.2 Å². The quantitative estimate of drug-likeness (QED) is 0.446. The van der Waals surface area contributed by atoms with Gasteiger partial charge in [0.25, 0.3) is 5.91 Å². The standard InChI is InChI=1S/C26H29NO4/c1-4-5-7-19-10-13-22(14-11-19)27-26(28)20-12-15-25(30-3)21(16-20)18-31-24-9-6-8-23(17-24)29-2/h6,8-17H,4-5,7,18H2,1-3H3,(H,27,28). The summed E-state index contributed by atoms with van der Waals surface area (Å²) in [5.74, 6) is 1.89. The van der Waals surface area contributed by atoms with Crippen molar-refractivity contribution in [1.29, 1.82) is 0 Å². The second kappa shape index (κ2) is 11.1. The summed E-state index contributed by atoms with van der Waals surface area (Å²) in [7, 11) is 3.22. The molecule has 0 heterocycles. The van der Waals surface area contributed by atoms with E-state index in [0.717, 1.165) is 29.8 Å². The summed E-state index contributed by atoms with van der Waals surface area (Å²) < 4.78 is 16.6. The molecule has 5 heteroatoms. The van der Waals surface area contributed by atoms with Gasteiger partial charge >= 0.3 is 0 Å². The van der Waals surface area contributed by atoms with E-state index in [1.54, 1.807) is 32.4 Å². The van der Waals surface area contributed by atoms with Crippen molar-refractivity contribution in [3.8, 4) is 17.2 Å². The third kappa shape index (κ3) is 6.25. The van der Waals surface area contributed by atoms with Gasteiger partial charge < -0.3 is 19.5 Å². The molecule has 0 aliphatic rings. The van der Waals surface area contributed by atoms with E-state index in [1.807, 2.05) is 36.4 Å². The lowest BCUT2D eigenvalue weighted by atomic mass is 10.1. The number of hydrogen-bond donors (Lipinski definition) is 1. The molecule has 0 radical (unpaired) electrons. The molecule has 3 aromatic carbocycles. The fourth-order valence-corrected chi connectivity index (χ4v) is 3.22. The summed E-state index contributed by atoms with van der Waals surface area (Å²) in [6.45, 7) is 2.45. The second-order valence-corrected chi connectivity index (χ2v) is 7.25. The molecule has 0 bridgehead atoms. The van der Waals surface area contributed by atoms with E-state index in [1.165, 1.54) is 12.0 Å². The lowest BCUT2D eigenvalue weighted by Crippen LogP contribution is -2.13. The van der Waals surface area contributed by atoms with Crippen LogP contribution in [0.3, 0.4) is 0 Å². The maximum Gasteiger partial charge on any atom is 0.255 e. The van der Waals surface area contributed by atoms with Crippen molar-refractivity contribution >= 4 is 11.6 Å². The van der Waals surface area contributed by atoms with Crippen LogP contribution in [0.25, 0.3) is 0 Å². The molecule has 3 rings (SSSR count). The normalized spacial score (nSPS) is 10.4. The molecule has 0 aliphatic heterocycles. The van der Waals surface area contributed by atoms with Crippen molar-refractivity contribution in [2.24, 2.45) is 0 Å². The minimum atomic E-state index is -0.174. The zero-order valence-corrected chi connectivity index (χ0v) is 18.3. The fourth-order valence-electron chi connectivity index (χ4n) is 3.22. The Balaban J connectivity index is 1.69. The number of unbranched alkanes of at least 4 members (excludes halogenated alkanes) is 1. The van der Waals surface area contributed by atoms with Gasteiger partial charge in [-0.05, 0) is 60.9 Å². The van der Waals surface area contributed by atoms with Crippen LogP contribution in [0.2, 0.25) is 0 Å². The SMILES string of the molecule is CCCCc1ccc(NC(=O)c2ccc(OC)c(COc3cccc(OC)c3)c2)cc1. The Morgan fingerprint density at radius 3 is 2.39 bits per heavy atom. The minimum Gasteiger partial charge on any atom is -0.497 e. The van der Waals surface area contributed by atoms with Crippen LogP contribution in [0, 0.1) is 0 Å². The molecule has 0 saturated heterocycles. The van der Waals surface area contributed by atoms with Gasteiger partial charge in [0.15, 0.2) is 0 Å². The van der Waals surface area contributed by atoms with E-state index in [2.05, 4.69) is 24.4 Å². The summed E-state index contributed by atoms with van der Waals surface area (Å²) in [6, 6.07) is 20.7. The van der Waals surface area contributed by atoms with Crippen molar-refractivity contribution in [3.63, 3.8) is 0 Å². The van der Waals surface area contributed by atoms with Crippen molar-refractivity contribution in [3.05, 3.63) is 83.4 Å². The lowest BCUT2D eigenvalue weighted by molar-refractivity contribution is 0.102. The van der Waals surface area contributed by atoms with Gasteiger partial charge in [-0.15, -0.1) is 0 Å². The Morgan fingerprint density at radius 1 is 0.903 bits per heavy atom. The van der Waals surface area contributed by atoms with E-state index in [-0.39, 0.29) is 12.5 Å². The van der Waals surface area contributed by atoms with E-state index < -0.39 is 0 Å². The number of carbonyl (C=O) groups is 1. The average Bonchev–Trinajstić information content (AvgIpc) is 2.82. The summed E-state index contributed by atoms with van der Waals surface area (Å²) in [5, 5.41) is 2.96. The number of carbonyl (C=O) groups excluding carboxylic acids is 1. The highest BCUT2D eigenvalue weighted by molar-refractivity contribution is 6.04. The fraction of sp³-hybridized carbons (Fsp3) is 0.269. The number of benzene rings is 3. The first-order chi connectivity index (χ1) is 15.1. The largest absolute Gasteiger partial charge is 0.497 e. The number of methoxy groups -OCH3 is 2. The molecule has 3 aromatic rings. The number of hydrogen-bond acceptors (Lipinski definition) is 4. The molecule has 0 atom stereocenters. The van der Waals surface area contributed by atoms with E-state index >= 15 is 0 Å². The van der Waals surface area contributed by atoms with Gasteiger partial charge in [0.1, 0.15) is 23.9 Å². The van der Waals surface area contributed by atoms with Crippen molar-refractivity contribution in [2.75, 3.05) is 19.5 Å². The smallest absolute Gasteiger partial charge is 0.255 e. The Labute approximate surface area is 184 Å². The third-order valence-corrected chi connectivity index (χ3v) is 5.01. The van der Waals surface area contributed by atoms with Crippen LogP contribution in [0.5, 0.6) is 17.2 Å². The predicted octanol–water partition coefficient (Wildman–Crippen LogP) is 5.88. The molecule has 0 aromatic heterocycles. The van der Waals surface area contributed by atoms with E-state index in [0.29, 0.717) is 17.1 Å². The molecule has 162 valence electrons. The maximum absolute atomic E-state index is 12.8. The van der Waals surface area contributed by atoms with Crippen molar-refractivity contribution in [1.82, 2.24) is 0 Å². The number of aryl methyl sites for hydroxylation is 1. The second-order valence-electron chi connectivity index (χ2n) is 7.25. The molecule has 0 fully saturated rings. The average molecular weight is 420 g/mol. The Kier molecular flexibility index (Phi) is 7.93. The molecule has 0 unspecified atom stereocenters. The number of amides is 1. The first-order valence-electron chi connectivity index (χ1n) is 10.5. The van der Waals surface area contributed by atoms with Crippen LogP contribution in [0.4, 0.5) is 5.69 Å². The number of anilines is 1. The monoisotopic (exact) mass is 419 g/mol. The highest BCUT2D eigenvalue weighted by Gasteiger charge is 2.12. The van der Waals surface area contributed by atoms with Gasteiger partial charge in [-0.1, -0.05) is 31.5 Å². The zero-order chi connectivity index (χ0) is 22.1. The van der Waals surface area contributed by atoms with Crippen LogP contribution in [-0.2, 0) is 13.0 Å². The Bertz CT molecular complexity index is 999. The molecule has 1 N–H and O–H groups in total. The number of nitrogens with one attached hydrogen (secondary N) is 1. The topological polar surface area (TPSA) is 56.8 Å². The molecule has 0 spiro atoms. The molecule has 0 saturated carbocycles. The van der Waals surface area contributed by atoms with E-state index in [4.69, 9.17) is 14.2 Å². The first-order valence-corrected chi connectivity index (χ1v) is 10.5. The summed E-state index contributed by atoms with van der Waals surface area (Å²) in [6.07, 6.45) is 3.39. The van der Waals surface area contributed by atoms with Crippen LogP contribution < -0.4 is 19.5 Å². The predicted molar refractivity (Wildman–Crippen MR) is 123 cm³/mol. The third-order valence-electron chi connectivity index (χ3n) is 5.01. The maximum atomic E-state index is 12.8. The van der Waals surface area contributed by atoms with Crippen LogP contribution in [-0.4, -0.2) is 20.1 Å². The highest BCUT2D eigenvalue weighted by Crippen LogP contribution is 2.25. The van der Waals surface area contributed by atoms with Crippen LogP contribution in [0.15, 0.2) is 66.7 Å². The lowest BCUT2D eigenvalue weighted by Gasteiger charge is -2.13. The van der Waals surface area contributed by atoms with Gasteiger partial charge in [0.2, 0.25) is 0 Å². The van der Waals surface area contributed by atoms with Gasteiger partial charge in [-0.25, -0.2) is 0 Å². The molecule has 31 heavy (non-hydrogen) atoms. The summed E-state index contributed by atoms with van der Waals surface area (Å²) in [5.41, 5.74) is 3.38. The molecule has 1 amide bonds. The molecule has 0 aliphatic carbocycles. The molecule has 5 nitrogen and oxygen atoms in total. The first kappa shape index (κ1) is 22.2. The number of ether oxygens (including phenoxy) is 3. The number of rotatable bonds is 10. The van der Waals surface area contributed by atoms with Crippen LogP contribution in [0.1, 0.15) is 41.3 Å². The minimum absolute atomic E-state index is 0.174. The summed E-state index contributed by atoms with van der Waals surface area (Å²) in [4.78, 5) is 12.8. The zero-order valence-electron chi connectivity index (χ0n) is 18.3. The Morgan fingerprint density at radius 2 is 1.68 bits per heavy atom. The van der Waals surface area contributed by atoms with Gasteiger partial charge in [-0.2, -0.15) is 0 Å². The summed E-state index contributed by atoms with van der Waals surface area (Å²) >= 11 is 0. The van der Waals surface area contributed by atoms with Crippen molar-refractivity contribution in [2.45, 2.75) is 32.8 Å². The van der Waals surface area contributed by atoms with Crippen molar-refractivity contribution < 1.29 is 19.0 Å². The van der Waals surface area contributed by atoms with Crippen LogP contribution >= 0.6 is 0 Å². The molecular weight excluding hydrogens is 390 g/mol. The van der Waals surface area contributed by atoms with Gasteiger partial charge in [-0.3, -0.25) is 4.79 Å². The Hall–Kier alpha value is -3.47. The van der Waals surface area contributed by atoms with E-state index in [9.17, 15) is 4.79 Å². The molecular formula is C26H29NO4.